The van der Waals surface area contributed by atoms with Gasteiger partial charge in [0.15, 0.2) is 0 Å². The summed E-state index contributed by atoms with van der Waals surface area (Å²) in [6, 6.07) is 3.10. The summed E-state index contributed by atoms with van der Waals surface area (Å²) in [7, 11) is 2.22. The van der Waals surface area contributed by atoms with Crippen LogP contribution >= 0.6 is 0 Å². The highest BCUT2D eigenvalue weighted by atomic mass is 15.2. The number of nitrogens with zero attached hydrogens (tertiary/aromatic N) is 2. The molecule has 0 aromatic carbocycles. The molecule has 3 heteroatoms. The molecule has 1 unspecified atom stereocenters. The van der Waals surface area contributed by atoms with E-state index in [-0.39, 0.29) is 5.41 Å². The predicted octanol–water partition coefficient (Wildman–Crippen LogP) is 2.39. The van der Waals surface area contributed by atoms with Gasteiger partial charge in [0.1, 0.15) is 0 Å². The van der Waals surface area contributed by atoms with Crippen molar-refractivity contribution in [3.8, 4) is 6.07 Å². The second kappa shape index (κ2) is 6.98. The Hall–Kier alpha value is -0.590. The number of nitrogens with one attached hydrogen (secondary N) is 1. The van der Waals surface area contributed by atoms with Gasteiger partial charge in [0.2, 0.25) is 0 Å². The smallest absolute Gasteiger partial charge is 0.0683 e. The normalized spacial score (nSPS) is 21.6. The lowest BCUT2D eigenvalue weighted by molar-refractivity contribution is 0.299. The van der Waals surface area contributed by atoms with Crippen LogP contribution in [0.2, 0.25) is 0 Å². The second-order valence-corrected chi connectivity index (χ2v) is 5.93. The first kappa shape index (κ1) is 14.5. The van der Waals surface area contributed by atoms with E-state index in [4.69, 9.17) is 5.26 Å². The molecule has 0 radical (unpaired) electrons. The summed E-state index contributed by atoms with van der Waals surface area (Å²) in [5, 5.41) is 12.4. The molecule has 0 aliphatic carbocycles. The van der Waals surface area contributed by atoms with E-state index in [9.17, 15) is 0 Å². The Morgan fingerprint density at radius 2 is 2.18 bits per heavy atom. The lowest BCUT2D eigenvalue weighted by atomic mass is 9.89. The van der Waals surface area contributed by atoms with Crippen molar-refractivity contribution in [2.45, 2.75) is 52.0 Å². The van der Waals surface area contributed by atoms with Crippen LogP contribution in [0.5, 0.6) is 0 Å². The third kappa shape index (κ3) is 5.52. The van der Waals surface area contributed by atoms with Gasteiger partial charge in [-0.3, -0.25) is 0 Å². The maximum absolute atomic E-state index is 8.90. The molecule has 0 saturated carbocycles. The molecule has 3 nitrogen and oxygen atoms in total. The molecule has 17 heavy (non-hydrogen) atoms. The average Bonchev–Trinajstić information content (AvgIpc) is 2.69. The number of hydrogen-bond acceptors (Lipinski definition) is 3. The van der Waals surface area contributed by atoms with Crippen molar-refractivity contribution in [2.24, 2.45) is 5.41 Å². The average molecular weight is 237 g/mol. The fraction of sp³-hybridized carbons (Fsp3) is 0.929. The van der Waals surface area contributed by atoms with Gasteiger partial charge in [-0.1, -0.05) is 6.42 Å². The molecule has 1 saturated heterocycles. The summed E-state index contributed by atoms with van der Waals surface area (Å²) in [6.07, 6.45) is 6.02. The fourth-order valence-electron chi connectivity index (χ4n) is 2.38. The van der Waals surface area contributed by atoms with E-state index < -0.39 is 0 Å². The van der Waals surface area contributed by atoms with Crippen molar-refractivity contribution in [2.75, 3.05) is 26.7 Å². The molecule has 0 aromatic heterocycles. The Labute approximate surface area is 106 Å². The lowest BCUT2D eigenvalue weighted by Crippen LogP contribution is -2.35. The van der Waals surface area contributed by atoms with E-state index in [0.717, 1.165) is 32.0 Å². The molecule has 0 spiro atoms. The van der Waals surface area contributed by atoms with Crippen molar-refractivity contribution in [3.63, 3.8) is 0 Å². The highest BCUT2D eigenvalue weighted by molar-refractivity contribution is 4.91. The minimum Gasteiger partial charge on any atom is -0.315 e. The molecule has 1 heterocycles. The third-order valence-electron chi connectivity index (χ3n) is 3.76. The molecule has 1 fully saturated rings. The summed E-state index contributed by atoms with van der Waals surface area (Å²) in [5.74, 6) is 0. The number of nitriles is 1. The summed E-state index contributed by atoms with van der Waals surface area (Å²) in [6.45, 7) is 7.51. The Morgan fingerprint density at radius 1 is 1.41 bits per heavy atom. The Bertz CT molecular complexity index is 255. The number of likely N-dealkylation sites (N-methyl/N-ethyl adjacent to an activating group) is 1. The highest BCUT2D eigenvalue weighted by Gasteiger charge is 2.19. The first-order valence-corrected chi connectivity index (χ1v) is 6.87. The van der Waals surface area contributed by atoms with Crippen LogP contribution in [0.3, 0.4) is 0 Å². The molecular formula is C14H27N3. The van der Waals surface area contributed by atoms with Gasteiger partial charge in [-0.15, -0.1) is 0 Å². The minimum atomic E-state index is -0.147. The molecule has 1 rings (SSSR count). The first-order valence-electron chi connectivity index (χ1n) is 6.87. The van der Waals surface area contributed by atoms with Crippen molar-refractivity contribution < 1.29 is 0 Å². The monoisotopic (exact) mass is 237 g/mol. The van der Waals surface area contributed by atoms with Crippen LogP contribution in [-0.4, -0.2) is 37.6 Å². The highest BCUT2D eigenvalue weighted by Crippen LogP contribution is 2.21. The number of rotatable bonds is 7. The summed E-state index contributed by atoms with van der Waals surface area (Å²) >= 11 is 0. The van der Waals surface area contributed by atoms with E-state index in [1.165, 1.54) is 25.8 Å². The van der Waals surface area contributed by atoms with Crippen LogP contribution in [0.25, 0.3) is 0 Å². The summed E-state index contributed by atoms with van der Waals surface area (Å²) in [4.78, 5) is 2.45. The van der Waals surface area contributed by atoms with Crippen molar-refractivity contribution in [1.29, 1.82) is 5.26 Å². The van der Waals surface area contributed by atoms with Crippen molar-refractivity contribution >= 4 is 0 Å². The van der Waals surface area contributed by atoms with Gasteiger partial charge < -0.3 is 10.2 Å². The van der Waals surface area contributed by atoms with Crippen LogP contribution in [0.15, 0.2) is 0 Å². The van der Waals surface area contributed by atoms with Gasteiger partial charge in [0, 0.05) is 12.6 Å². The third-order valence-corrected chi connectivity index (χ3v) is 3.76. The fourth-order valence-corrected chi connectivity index (χ4v) is 2.38. The molecule has 98 valence electrons. The quantitative estimate of drug-likeness (QED) is 0.691. The van der Waals surface area contributed by atoms with Crippen LogP contribution in [0.4, 0.5) is 0 Å². The van der Waals surface area contributed by atoms with E-state index in [0.29, 0.717) is 0 Å². The zero-order valence-corrected chi connectivity index (χ0v) is 11.6. The molecule has 1 atom stereocenters. The van der Waals surface area contributed by atoms with Crippen molar-refractivity contribution in [3.05, 3.63) is 0 Å². The summed E-state index contributed by atoms with van der Waals surface area (Å²) in [5.41, 5.74) is -0.147. The molecule has 0 amide bonds. The second-order valence-electron chi connectivity index (χ2n) is 5.93. The molecule has 1 N–H and O–H groups in total. The van der Waals surface area contributed by atoms with Gasteiger partial charge >= 0.3 is 0 Å². The van der Waals surface area contributed by atoms with Crippen molar-refractivity contribution in [1.82, 2.24) is 10.2 Å². The minimum absolute atomic E-state index is 0.147. The van der Waals surface area contributed by atoms with Crippen LogP contribution in [0, 0.1) is 16.7 Å². The maximum atomic E-state index is 8.90. The van der Waals surface area contributed by atoms with Gasteiger partial charge in [-0.05, 0) is 59.7 Å². The lowest BCUT2D eigenvalue weighted by Gasteiger charge is -2.20. The Morgan fingerprint density at radius 3 is 2.76 bits per heavy atom. The maximum Gasteiger partial charge on any atom is 0.0683 e. The van der Waals surface area contributed by atoms with E-state index in [1.807, 2.05) is 13.8 Å². The van der Waals surface area contributed by atoms with Gasteiger partial charge in [-0.2, -0.15) is 5.26 Å². The molecule has 1 aliphatic heterocycles. The van der Waals surface area contributed by atoms with Crippen LogP contribution in [-0.2, 0) is 0 Å². The van der Waals surface area contributed by atoms with E-state index >= 15 is 0 Å². The van der Waals surface area contributed by atoms with E-state index in [1.54, 1.807) is 0 Å². The predicted molar refractivity (Wildman–Crippen MR) is 71.8 cm³/mol. The summed E-state index contributed by atoms with van der Waals surface area (Å²) < 4.78 is 0. The number of likely N-dealkylation sites (tertiary alicyclic amines) is 1. The topological polar surface area (TPSA) is 39.1 Å². The molecule has 0 aromatic rings. The van der Waals surface area contributed by atoms with E-state index in [2.05, 4.69) is 23.3 Å². The van der Waals surface area contributed by atoms with Gasteiger partial charge in [-0.25, -0.2) is 0 Å². The first-order chi connectivity index (χ1) is 8.05. The zero-order chi connectivity index (χ0) is 12.7. The SMILES string of the molecule is CN1CCCC1CNCCCCC(C)(C)C#N. The standard InChI is InChI=1S/C14H27N3/c1-14(2,12-15)8-4-5-9-16-11-13-7-6-10-17(13)3/h13,16H,4-11H2,1-3H3. The number of hydrogen-bond donors (Lipinski definition) is 1. The van der Waals surface area contributed by atoms with Gasteiger partial charge in [0.25, 0.3) is 0 Å². The van der Waals surface area contributed by atoms with Crippen LogP contribution in [0.1, 0.15) is 46.0 Å². The zero-order valence-electron chi connectivity index (χ0n) is 11.6. The molecule has 0 bridgehead atoms. The van der Waals surface area contributed by atoms with Crippen LogP contribution < -0.4 is 5.32 Å². The number of unbranched alkanes of at least 4 members (excludes halogenated alkanes) is 1. The largest absolute Gasteiger partial charge is 0.315 e. The Kier molecular flexibility index (Phi) is 5.94. The Balaban J connectivity index is 1.96. The molecular weight excluding hydrogens is 210 g/mol. The van der Waals surface area contributed by atoms with Gasteiger partial charge in [0.05, 0.1) is 11.5 Å². The molecule has 1 aliphatic rings.